The van der Waals surface area contributed by atoms with Gasteiger partial charge in [-0.3, -0.25) is 14.4 Å². The van der Waals surface area contributed by atoms with Crippen molar-refractivity contribution in [1.82, 2.24) is 14.5 Å². The topological polar surface area (TPSA) is 145 Å². The number of ether oxygens (including phenoxy) is 4. The van der Waals surface area contributed by atoms with E-state index in [1.807, 2.05) is 57.2 Å². The summed E-state index contributed by atoms with van der Waals surface area (Å²) in [7, 11) is 0. The Labute approximate surface area is 490 Å². The minimum absolute atomic E-state index is 0. The van der Waals surface area contributed by atoms with Gasteiger partial charge in [-0.25, -0.2) is 9.97 Å². The number of benzene rings is 1. The first kappa shape index (κ1) is 79.4. The molecule has 2 aromatic heterocycles. The largest absolute Gasteiger partial charge is 1.00 e. The van der Waals surface area contributed by atoms with Crippen LogP contribution in [0.25, 0.3) is 21.9 Å². The van der Waals surface area contributed by atoms with Gasteiger partial charge >= 0.3 is 55.6 Å². The van der Waals surface area contributed by atoms with Gasteiger partial charge in [0.2, 0.25) is 0 Å². The minimum Gasteiger partial charge on any atom is -0.461 e. The maximum Gasteiger partial charge on any atom is 1.00 e. The predicted molar refractivity (Wildman–Crippen MR) is 314 cm³/mol. The number of unbranched alkanes of at least 4 members (excludes halogenated alkanes) is 20. The Kier molecular flexibility index (Phi) is 57.8. The Morgan fingerprint density at radius 1 is 0.605 bits per heavy atom. The number of anilines is 1. The number of para-hydroxylation sites is 1. The molecular formula is C63H106Li2N4O7-4. The summed E-state index contributed by atoms with van der Waals surface area (Å²) in [5.74, 6) is 0.798. The fraction of sp³-hybridized carbons (Fsp3) is 0.635. The molecule has 1 aromatic carbocycles. The molecule has 0 unspecified atom stereocenters. The van der Waals surface area contributed by atoms with E-state index in [0.717, 1.165) is 99.3 Å². The Morgan fingerprint density at radius 3 is 1.53 bits per heavy atom. The molecule has 0 aliphatic heterocycles. The zero-order valence-electron chi connectivity index (χ0n) is 50.0. The summed E-state index contributed by atoms with van der Waals surface area (Å²) in [4.78, 5) is 44.4. The van der Waals surface area contributed by atoms with Crippen LogP contribution in [-0.2, 0) is 46.5 Å². The summed E-state index contributed by atoms with van der Waals surface area (Å²) in [6.07, 6.45) is 39.0. The number of hydrogen-bond donors (Lipinski definition) is 1. The summed E-state index contributed by atoms with van der Waals surface area (Å²) < 4.78 is 23.8. The van der Waals surface area contributed by atoms with Crippen LogP contribution in [0.4, 0.5) is 5.82 Å². The number of pyridine rings is 1. The SMILES string of the molecule is [CH2-]CCCCC(=O)OC(C)(C)Cn1c(COCC)nc2c(N)nc3ccccc3c21.[CH2-]CCCCCCCC(=O)OC/C=C/CCCCCC.[CH2-]CCCCCCCC(=O)OC/C=C/CCCCCC.[CH2-]C[CH2-].[CH3-].[Li+].[Li+]. The molecule has 0 saturated heterocycles. The predicted octanol–water partition coefficient (Wildman–Crippen LogP) is 11.2. The molecular weight excluding hydrogens is 939 g/mol. The van der Waals surface area contributed by atoms with Crippen LogP contribution in [0.3, 0.4) is 0 Å². The van der Waals surface area contributed by atoms with Gasteiger partial charge < -0.3 is 77.7 Å². The quantitative estimate of drug-likeness (QED) is 0.0147. The van der Waals surface area contributed by atoms with Crippen molar-refractivity contribution in [2.75, 3.05) is 25.6 Å². The molecule has 11 nitrogen and oxygen atoms in total. The fourth-order valence-corrected chi connectivity index (χ4v) is 7.73. The van der Waals surface area contributed by atoms with Crippen molar-refractivity contribution in [2.45, 2.75) is 240 Å². The summed E-state index contributed by atoms with van der Waals surface area (Å²) in [5.41, 5.74) is 7.82. The standard InChI is InChI=1S/C23H31N4O3.2C18H33O2.C3H6.CH3.2Li/c1-5-7-8-13-19(28)30-23(3,4)15-27-18(14-29-6-2)26-20-21(27)16-11-9-10-12-17(16)25-22(20)24;2*1-3-5-7-9-11-13-15-17-20-18(19)16-14-12-10-8-6-4-2;1-3-2;;;/h9-12H,1,5-8,13-15H2,2-4H3,(H2,24,25);2*13,15H,2-12,14,16-17H2,1H3;1-3H2;1H3;;/q3*-1;-2;-1;2*+1/b;2*15-13+;;;;. The number of carbonyl (C=O) groups excluding carboxylic acids is 3. The fourth-order valence-electron chi connectivity index (χ4n) is 7.73. The van der Waals surface area contributed by atoms with Crippen LogP contribution in [0, 0.1) is 42.0 Å². The molecule has 426 valence electrons. The molecule has 13 heteroatoms. The van der Waals surface area contributed by atoms with E-state index in [0.29, 0.717) is 63.6 Å². The number of fused-ring (bicyclic) bond motifs is 3. The zero-order valence-corrected chi connectivity index (χ0v) is 50.0. The third-order valence-electron chi connectivity index (χ3n) is 11.7. The Hall–Kier alpha value is -3.06. The molecule has 2 N–H and O–H groups in total. The number of allylic oxidation sites excluding steroid dienone is 2. The number of rotatable bonds is 38. The molecule has 0 amide bonds. The van der Waals surface area contributed by atoms with E-state index >= 15 is 0 Å². The number of imidazole rings is 1. The number of nitrogens with two attached hydrogens (primary N) is 1. The van der Waals surface area contributed by atoms with E-state index in [4.69, 9.17) is 29.7 Å². The molecule has 76 heavy (non-hydrogen) atoms. The normalized spacial score (nSPS) is 10.8. The van der Waals surface area contributed by atoms with Gasteiger partial charge in [0.1, 0.15) is 36.8 Å². The first-order valence-electron chi connectivity index (χ1n) is 28.3. The summed E-state index contributed by atoms with van der Waals surface area (Å²) in [6.45, 7) is 30.6. The first-order chi connectivity index (χ1) is 35.4. The number of nitrogens with zero attached hydrogens (tertiary/aromatic N) is 3. The molecule has 0 aliphatic rings. The maximum atomic E-state index is 12.3. The Bertz CT molecular complexity index is 1830. The van der Waals surface area contributed by atoms with Gasteiger partial charge in [0, 0.05) is 31.3 Å². The second-order valence-electron chi connectivity index (χ2n) is 19.1. The summed E-state index contributed by atoms with van der Waals surface area (Å²) in [6, 6.07) is 7.83. The van der Waals surface area contributed by atoms with E-state index < -0.39 is 5.60 Å². The molecule has 0 fully saturated rings. The monoisotopic (exact) mass is 1040 g/mol. The molecule has 0 spiro atoms. The Morgan fingerprint density at radius 2 is 1.04 bits per heavy atom. The third kappa shape index (κ3) is 42.0. The molecule has 0 saturated carbocycles. The van der Waals surface area contributed by atoms with E-state index in [9.17, 15) is 14.4 Å². The van der Waals surface area contributed by atoms with E-state index in [1.54, 1.807) is 0 Å². The van der Waals surface area contributed by atoms with Crippen molar-refractivity contribution in [3.63, 3.8) is 0 Å². The van der Waals surface area contributed by atoms with Gasteiger partial charge in [-0.15, -0.1) is 0 Å². The number of esters is 3. The number of carbonyl (C=O) groups is 3. The van der Waals surface area contributed by atoms with Gasteiger partial charge in [-0.2, -0.15) is 19.3 Å². The van der Waals surface area contributed by atoms with Crippen molar-refractivity contribution in [3.8, 4) is 0 Å². The van der Waals surface area contributed by atoms with Crippen LogP contribution >= 0.6 is 0 Å². The smallest absolute Gasteiger partial charge is 0.461 e. The molecule has 0 atom stereocenters. The number of hydrogen-bond acceptors (Lipinski definition) is 10. The maximum absolute atomic E-state index is 12.3. The average Bonchev–Trinajstić information content (AvgIpc) is 3.72. The summed E-state index contributed by atoms with van der Waals surface area (Å²) in [5, 5.41) is 0.953. The third-order valence-corrected chi connectivity index (χ3v) is 11.7. The second-order valence-corrected chi connectivity index (χ2v) is 19.1. The van der Waals surface area contributed by atoms with Crippen LogP contribution < -0.4 is 43.5 Å². The molecule has 2 heterocycles. The van der Waals surface area contributed by atoms with E-state index in [2.05, 4.69) is 70.2 Å². The molecule has 0 bridgehead atoms. The van der Waals surface area contributed by atoms with Crippen LogP contribution in [0.2, 0.25) is 0 Å². The van der Waals surface area contributed by atoms with Crippen molar-refractivity contribution in [3.05, 3.63) is 96.4 Å². The van der Waals surface area contributed by atoms with Crippen LogP contribution in [0.1, 0.15) is 227 Å². The Balaban J connectivity index is -0.000000505. The first-order valence-corrected chi connectivity index (χ1v) is 28.3. The van der Waals surface area contributed by atoms with Crippen molar-refractivity contribution in [1.29, 1.82) is 0 Å². The number of aromatic nitrogens is 3. The van der Waals surface area contributed by atoms with Crippen LogP contribution in [-0.4, -0.2) is 57.9 Å². The minimum atomic E-state index is -0.727. The van der Waals surface area contributed by atoms with Gasteiger partial charge in [-0.05, 0) is 71.8 Å². The van der Waals surface area contributed by atoms with Crippen molar-refractivity contribution < 1.29 is 71.1 Å². The van der Waals surface area contributed by atoms with Crippen molar-refractivity contribution in [2.24, 2.45) is 0 Å². The summed E-state index contributed by atoms with van der Waals surface area (Å²) >= 11 is 0. The molecule has 3 rings (SSSR count). The van der Waals surface area contributed by atoms with Gasteiger partial charge in [0.15, 0.2) is 5.82 Å². The van der Waals surface area contributed by atoms with E-state index in [-0.39, 0.29) is 63.1 Å². The van der Waals surface area contributed by atoms with Crippen LogP contribution in [0.15, 0.2) is 48.6 Å². The number of nitrogen functional groups attached to an aromatic ring is 1. The molecule has 0 radical (unpaired) electrons. The molecule has 0 aliphatic carbocycles. The van der Waals surface area contributed by atoms with Gasteiger partial charge in [-0.1, -0.05) is 153 Å². The second kappa shape index (κ2) is 55.3. The van der Waals surface area contributed by atoms with Gasteiger partial charge in [0.25, 0.3) is 0 Å². The van der Waals surface area contributed by atoms with Crippen molar-refractivity contribution >= 4 is 45.7 Å². The average molecular weight is 1050 g/mol. The zero-order chi connectivity index (χ0) is 54.2. The molecule has 3 aromatic rings. The van der Waals surface area contributed by atoms with Crippen LogP contribution in [0.5, 0.6) is 0 Å². The van der Waals surface area contributed by atoms with E-state index in [1.165, 1.54) is 89.9 Å². The van der Waals surface area contributed by atoms with Gasteiger partial charge in [0.05, 0.1) is 17.6 Å².